The number of imide groups is 1. The highest BCUT2D eigenvalue weighted by molar-refractivity contribution is 6.33. The van der Waals surface area contributed by atoms with Crippen molar-refractivity contribution in [2.75, 3.05) is 20.6 Å². The third-order valence-electron chi connectivity index (χ3n) is 4.24. The molecule has 0 bridgehead atoms. The highest BCUT2D eigenvalue weighted by Crippen LogP contribution is 2.19. The van der Waals surface area contributed by atoms with Gasteiger partial charge in [0.2, 0.25) is 11.9 Å². The fraction of sp³-hybridized carbons (Fsp3) is 0.278. The van der Waals surface area contributed by atoms with Crippen molar-refractivity contribution < 1.29 is 14.2 Å². The smallest absolute Gasteiger partial charge is 0.270 e. The molecule has 27 heavy (non-hydrogen) atoms. The van der Waals surface area contributed by atoms with Crippen molar-refractivity contribution in [2.24, 2.45) is 10.1 Å². The van der Waals surface area contributed by atoms with E-state index in [9.17, 15) is 9.59 Å². The van der Waals surface area contributed by atoms with Gasteiger partial charge in [0.05, 0.1) is 12.8 Å². The predicted molar refractivity (Wildman–Crippen MR) is 104 cm³/mol. The number of rotatable bonds is 4. The number of hydrazone groups is 1. The largest absolute Gasteiger partial charge is 0.414 e. The van der Waals surface area contributed by atoms with E-state index < -0.39 is 12.1 Å². The number of amidine groups is 1. The Labute approximate surface area is 162 Å². The van der Waals surface area contributed by atoms with E-state index in [2.05, 4.69) is 22.1 Å². The second-order valence-electron chi connectivity index (χ2n) is 6.41. The number of halogens is 1. The van der Waals surface area contributed by atoms with Crippen molar-refractivity contribution in [3.05, 3.63) is 47.0 Å². The van der Waals surface area contributed by atoms with E-state index in [4.69, 9.17) is 11.6 Å². The first-order chi connectivity index (χ1) is 12.8. The van der Waals surface area contributed by atoms with Crippen LogP contribution in [0.2, 0.25) is 5.02 Å². The molecule has 1 fully saturated rings. The molecule has 0 radical (unpaired) electrons. The van der Waals surface area contributed by atoms with Crippen molar-refractivity contribution in [2.45, 2.75) is 13.0 Å². The summed E-state index contributed by atoms with van der Waals surface area (Å²) in [5, 5.41) is 4.75. The number of benzene rings is 1. The summed E-state index contributed by atoms with van der Waals surface area (Å²) in [7, 11) is 3.05. The van der Waals surface area contributed by atoms with Gasteiger partial charge < -0.3 is 0 Å². The van der Waals surface area contributed by atoms with Crippen LogP contribution in [-0.2, 0) is 4.79 Å². The second-order valence-corrected chi connectivity index (χ2v) is 6.82. The van der Waals surface area contributed by atoms with Crippen LogP contribution in [0.4, 0.5) is 4.79 Å². The topological polar surface area (TPSA) is 80.4 Å². The van der Waals surface area contributed by atoms with Gasteiger partial charge in [-0.25, -0.2) is 9.37 Å². The summed E-state index contributed by atoms with van der Waals surface area (Å²) in [5.41, 5.74) is 4.44. The molecule has 3 rings (SSSR count). The molecule has 1 saturated heterocycles. The summed E-state index contributed by atoms with van der Waals surface area (Å²) in [5.74, 6) is 0.384. The van der Waals surface area contributed by atoms with Crippen molar-refractivity contribution in [1.82, 2.24) is 15.2 Å². The van der Waals surface area contributed by atoms with Crippen LogP contribution in [0, 0.1) is 0 Å². The zero-order chi connectivity index (χ0) is 19.7. The lowest BCUT2D eigenvalue weighted by Crippen LogP contribution is -2.61. The summed E-state index contributed by atoms with van der Waals surface area (Å²) in [6.07, 6.45) is 1.57. The summed E-state index contributed by atoms with van der Waals surface area (Å²) >= 11 is 6.12. The number of carbonyl (C=O) groups is 2. The number of urea groups is 1. The van der Waals surface area contributed by atoms with Gasteiger partial charge in [0, 0.05) is 24.7 Å². The molecule has 1 aromatic rings. The van der Waals surface area contributed by atoms with Crippen LogP contribution in [-0.4, -0.2) is 71.0 Å². The quantitative estimate of drug-likeness (QED) is 0.368. The van der Waals surface area contributed by atoms with E-state index >= 15 is 0 Å². The zero-order valence-corrected chi connectivity index (χ0v) is 16.1. The SMILES string of the molecule is C=C(C)C[N+]1=C(N/N=C\c2ccccc2Cl)N=C2C1C(=O)N(C)C(=O)N2C. The third-order valence-corrected chi connectivity index (χ3v) is 4.59. The number of aliphatic imine (C=N–C) groups is 1. The number of fused-ring (bicyclic) bond motifs is 1. The van der Waals surface area contributed by atoms with E-state index in [-0.39, 0.29) is 5.91 Å². The monoisotopic (exact) mass is 387 g/mol. The van der Waals surface area contributed by atoms with Crippen LogP contribution in [0.3, 0.4) is 0 Å². The molecule has 0 aromatic heterocycles. The molecule has 9 heteroatoms. The lowest BCUT2D eigenvalue weighted by atomic mass is 10.1. The van der Waals surface area contributed by atoms with E-state index in [0.29, 0.717) is 23.4 Å². The van der Waals surface area contributed by atoms with Crippen molar-refractivity contribution >= 4 is 41.5 Å². The standard InChI is InChI=1S/C18H19ClN6O2/c1-11(2)10-25-14-15(23(3)18(27)24(4)16(14)26)21-17(25)22-20-9-12-7-5-6-8-13(12)19/h5-9,14H,1,10H2,2-4H3/p+1/b20-9-. The van der Waals surface area contributed by atoms with E-state index in [0.717, 1.165) is 16.0 Å². The summed E-state index contributed by atoms with van der Waals surface area (Å²) in [6, 6.07) is 6.16. The molecule has 8 nitrogen and oxygen atoms in total. The van der Waals surface area contributed by atoms with Gasteiger partial charge in [0.25, 0.3) is 5.91 Å². The van der Waals surface area contributed by atoms with E-state index in [1.807, 2.05) is 25.1 Å². The lowest BCUT2D eigenvalue weighted by molar-refractivity contribution is -0.529. The van der Waals surface area contributed by atoms with Crippen LogP contribution in [0.25, 0.3) is 0 Å². The molecule has 1 unspecified atom stereocenters. The number of carbonyl (C=O) groups excluding carboxylic acids is 2. The molecule has 0 aliphatic carbocycles. The van der Waals surface area contributed by atoms with Crippen LogP contribution in [0.1, 0.15) is 12.5 Å². The third kappa shape index (κ3) is 3.48. The molecule has 0 spiro atoms. The van der Waals surface area contributed by atoms with Gasteiger partial charge in [-0.2, -0.15) is 5.43 Å². The average Bonchev–Trinajstić information content (AvgIpc) is 2.97. The maximum atomic E-state index is 12.7. The van der Waals surface area contributed by atoms with Gasteiger partial charge in [-0.1, -0.05) is 41.4 Å². The van der Waals surface area contributed by atoms with Crippen molar-refractivity contribution in [1.29, 1.82) is 0 Å². The maximum Gasteiger partial charge on any atom is 0.414 e. The van der Waals surface area contributed by atoms with Gasteiger partial charge in [-0.05, 0) is 18.6 Å². The Kier molecular flexibility index (Phi) is 5.09. The van der Waals surface area contributed by atoms with Crippen molar-refractivity contribution in [3.63, 3.8) is 0 Å². The predicted octanol–water partition coefficient (Wildman–Crippen LogP) is 1.51. The number of guanidine groups is 1. The molecule has 1 aromatic carbocycles. The summed E-state index contributed by atoms with van der Waals surface area (Å²) < 4.78 is 1.74. The average molecular weight is 388 g/mol. The van der Waals surface area contributed by atoms with Gasteiger partial charge in [0.1, 0.15) is 0 Å². The highest BCUT2D eigenvalue weighted by atomic mass is 35.5. The molecule has 0 saturated carbocycles. The zero-order valence-electron chi connectivity index (χ0n) is 15.3. The molecular weight excluding hydrogens is 368 g/mol. The molecule has 2 aliphatic heterocycles. The fourth-order valence-electron chi connectivity index (χ4n) is 2.88. The van der Waals surface area contributed by atoms with Crippen LogP contribution < -0.4 is 5.43 Å². The van der Waals surface area contributed by atoms with Gasteiger partial charge >= 0.3 is 12.0 Å². The van der Waals surface area contributed by atoms with Crippen LogP contribution in [0.15, 0.2) is 46.5 Å². The van der Waals surface area contributed by atoms with Gasteiger partial charge in [0.15, 0.2) is 0 Å². The Morgan fingerprint density at radius 3 is 2.74 bits per heavy atom. The number of likely N-dealkylation sites (N-methyl/N-ethyl adjacent to an activating group) is 2. The Hall–Kier alpha value is -3.00. The first kappa shape index (κ1) is 18.8. The van der Waals surface area contributed by atoms with Crippen LogP contribution in [0.5, 0.6) is 0 Å². The first-order valence-electron chi connectivity index (χ1n) is 8.26. The van der Waals surface area contributed by atoms with Gasteiger partial charge in [-0.3, -0.25) is 14.6 Å². The maximum absolute atomic E-state index is 12.7. The number of hydrogen-bond donors (Lipinski definition) is 1. The number of amides is 3. The number of nitrogens with one attached hydrogen (secondary N) is 1. The molecule has 1 atom stereocenters. The van der Waals surface area contributed by atoms with Gasteiger partial charge in [-0.15, -0.1) is 5.10 Å². The minimum Gasteiger partial charge on any atom is -0.270 e. The first-order valence-corrected chi connectivity index (χ1v) is 8.64. The van der Waals surface area contributed by atoms with E-state index in [1.165, 1.54) is 11.9 Å². The number of nitrogens with zero attached hydrogens (tertiary/aromatic N) is 5. The Morgan fingerprint density at radius 1 is 1.37 bits per heavy atom. The Morgan fingerprint density at radius 2 is 2.07 bits per heavy atom. The minimum atomic E-state index is -0.701. The molecule has 1 N–H and O–H groups in total. The van der Waals surface area contributed by atoms with E-state index in [1.54, 1.807) is 23.9 Å². The summed E-state index contributed by atoms with van der Waals surface area (Å²) in [4.78, 5) is 31.7. The fourth-order valence-corrected chi connectivity index (χ4v) is 3.07. The lowest BCUT2D eigenvalue weighted by Gasteiger charge is -2.31. The molecular formula is C18H20ClN6O2+. The molecule has 2 heterocycles. The summed E-state index contributed by atoms with van der Waals surface area (Å²) in [6.45, 7) is 6.16. The molecule has 3 amide bonds. The minimum absolute atomic E-state index is 0.343. The highest BCUT2D eigenvalue weighted by Gasteiger charge is 2.51. The second kappa shape index (κ2) is 7.32. The molecule has 140 valence electrons. The molecule has 2 aliphatic rings. The van der Waals surface area contributed by atoms with Crippen molar-refractivity contribution in [3.8, 4) is 0 Å². The Balaban J connectivity index is 1.93. The number of hydrogen-bond acceptors (Lipinski definition) is 5. The Bertz CT molecular complexity index is 920. The van der Waals surface area contributed by atoms with Crippen LogP contribution >= 0.6 is 11.6 Å². The normalized spacial score (nSPS) is 19.7.